The van der Waals surface area contributed by atoms with Crippen LogP contribution in [-0.2, 0) is 9.84 Å². The molecule has 1 fully saturated rings. The summed E-state index contributed by atoms with van der Waals surface area (Å²) in [6.45, 7) is 2.77. The first-order chi connectivity index (χ1) is 8.95. The Morgan fingerprint density at radius 3 is 2.74 bits per heavy atom. The molecule has 2 atom stereocenters. The fourth-order valence-electron chi connectivity index (χ4n) is 2.58. The monoisotopic (exact) mass is 429 g/mol. The van der Waals surface area contributed by atoms with Gasteiger partial charge in [0.15, 0.2) is 9.84 Å². The average Bonchev–Trinajstić information content (AvgIpc) is 2.65. The van der Waals surface area contributed by atoms with Crippen LogP contribution in [0.4, 0.5) is 0 Å². The van der Waals surface area contributed by atoms with E-state index < -0.39 is 9.84 Å². The van der Waals surface area contributed by atoms with Gasteiger partial charge in [0.2, 0.25) is 0 Å². The summed E-state index contributed by atoms with van der Waals surface area (Å²) >= 11 is 8.60. The smallest absolute Gasteiger partial charge is 0.155 e. The molecule has 0 aromatic carbocycles. The van der Waals surface area contributed by atoms with Gasteiger partial charge >= 0.3 is 0 Å². The lowest BCUT2D eigenvalue weighted by molar-refractivity contribution is 0.454. The first-order valence-electron chi connectivity index (χ1n) is 6.35. The first-order valence-corrected chi connectivity index (χ1v) is 10.5. The number of sulfone groups is 1. The van der Waals surface area contributed by atoms with E-state index in [-0.39, 0.29) is 11.3 Å². The van der Waals surface area contributed by atoms with Crippen molar-refractivity contribution in [3.63, 3.8) is 0 Å². The molecule has 0 spiro atoms. The van der Waals surface area contributed by atoms with E-state index in [1.807, 2.05) is 13.0 Å². The minimum absolute atomic E-state index is 0.118. The molecule has 1 aromatic heterocycles. The molecule has 0 saturated carbocycles. The molecule has 1 aliphatic heterocycles. The van der Waals surface area contributed by atoms with Gasteiger partial charge in [-0.25, -0.2) is 8.42 Å². The van der Waals surface area contributed by atoms with Gasteiger partial charge < -0.3 is 5.32 Å². The molecule has 1 saturated heterocycles. The van der Waals surface area contributed by atoms with Gasteiger partial charge in [0.25, 0.3) is 0 Å². The second kappa shape index (κ2) is 6.56. The van der Waals surface area contributed by atoms with Crippen molar-refractivity contribution >= 4 is 53.0 Å². The summed E-state index contributed by atoms with van der Waals surface area (Å²) in [5, 5.41) is 3.05. The van der Waals surface area contributed by atoms with Crippen LogP contribution in [0.3, 0.4) is 0 Å². The van der Waals surface area contributed by atoms with Gasteiger partial charge in [-0.05, 0) is 62.9 Å². The highest BCUT2D eigenvalue weighted by atomic mass is 79.9. The maximum Gasteiger partial charge on any atom is 0.155 e. The molecule has 1 N–H and O–H groups in total. The third-order valence-corrected chi connectivity index (χ3v) is 8.12. The Morgan fingerprint density at radius 2 is 2.21 bits per heavy atom. The molecule has 1 aliphatic rings. The molecule has 108 valence electrons. The third-order valence-electron chi connectivity index (χ3n) is 3.44. The maximum absolute atomic E-state index is 12.3. The van der Waals surface area contributed by atoms with Gasteiger partial charge in [-0.1, -0.05) is 13.3 Å². The molecule has 3 nitrogen and oxygen atoms in total. The van der Waals surface area contributed by atoms with Crippen molar-refractivity contribution in [3.05, 3.63) is 19.2 Å². The normalized spacial score (nSPS) is 24.3. The molecular weight excluding hydrogens is 414 g/mol. The van der Waals surface area contributed by atoms with Crippen LogP contribution in [0.1, 0.15) is 37.8 Å². The summed E-state index contributed by atoms with van der Waals surface area (Å²) in [6, 6.07) is 1.90. The molecule has 0 radical (unpaired) electrons. The Kier molecular flexibility index (Phi) is 5.50. The number of nitrogens with one attached hydrogen (secondary N) is 1. The zero-order chi connectivity index (χ0) is 14.0. The van der Waals surface area contributed by atoms with E-state index in [0.29, 0.717) is 5.75 Å². The van der Waals surface area contributed by atoms with Gasteiger partial charge in [0, 0.05) is 0 Å². The van der Waals surface area contributed by atoms with Crippen molar-refractivity contribution in [1.82, 2.24) is 5.32 Å². The Balaban J connectivity index is 2.37. The number of hydrogen-bond acceptors (Lipinski definition) is 4. The Morgan fingerprint density at radius 1 is 1.47 bits per heavy atom. The average molecular weight is 431 g/mol. The second-order valence-corrected chi connectivity index (χ2v) is 10.8. The third kappa shape index (κ3) is 3.61. The molecule has 2 unspecified atom stereocenters. The Labute approximate surface area is 135 Å². The number of halogens is 2. The standard InChI is InChI=1S/C12H17Br2NO2S2/c1-2-15-11(8-7-10(13)18-12(8)14)9-5-3-4-6-19(9,16)17/h7,9,11,15H,2-6H2,1H3. The van der Waals surface area contributed by atoms with E-state index in [4.69, 9.17) is 0 Å². The second-order valence-electron chi connectivity index (χ2n) is 4.72. The van der Waals surface area contributed by atoms with Crippen LogP contribution in [0.15, 0.2) is 13.6 Å². The first kappa shape index (κ1) is 15.9. The van der Waals surface area contributed by atoms with Gasteiger partial charge in [-0.15, -0.1) is 11.3 Å². The van der Waals surface area contributed by atoms with Crippen molar-refractivity contribution in [1.29, 1.82) is 0 Å². The van der Waals surface area contributed by atoms with E-state index in [9.17, 15) is 8.42 Å². The highest BCUT2D eigenvalue weighted by molar-refractivity contribution is 9.12. The molecule has 2 rings (SSSR count). The predicted molar refractivity (Wildman–Crippen MR) is 87.6 cm³/mol. The summed E-state index contributed by atoms with van der Waals surface area (Å²) in [6.07, 6.45) is 2.54. The highest BCUT2D eigenvalue weighted by Crippen LogP contribution is 2.40. The van der Waals surface area contributed by atoms with Crippen LogP contribution in [-0.4, -0.2) is 26.0 Å². The Bertz CT molecular complexity index is 542. The largest absolute Gasteiger partial charge is 0.309 e. The van der Waals surface area contributed by atoms with Crippen molar-refractivity contribution in [2.75, 3.05) is 12.3 Å². The summed E-state index contributed by atoms with van der Waals surface area (Å²) in [5.74, 6) is 0.322. The van der Waals surface area contributed by atoms with E-state index in [2.05, 4.69) is 37.2 Å². The van der Waals surface area contributed by atoms with Crippen molar-refractivity contribution < 1.29 is 8.42 Å². The van der Waals surface area contributed by atoms with Gasteiger partial charge in [-0.2, -0.15) is 0 Å². The van der Waals surface area contributed by atoms with E-state index in [1.54, 1.807) is 11.3 Å². The minimum atomic E-state index is -2.99. The van der Waals surface area contributed by atoms with E-state index >= 15 is 0 Å². The molecule has 1 aromatic rings. The van der Waals surface area contributed by atoms with Crippen LogP contribution in [0.25, 0.3) is 0 Å². The lowest BCUT2D eigenvalue weighted by Gasteiger charge is -2.30. The van der Waals surface area contributed by atoms with Crippen LogP contribution in [0, 0.1) is 0 Å². The van der Waals surface area contributed by atoms with Gasteiger partial charge in [-0.3, -0.25) is 0 Å². The van der Waals surface area contributed by atoms with Crippen LogP contribution < -0.4 is 5.32 Å². The highest BCUT2D eigenvalue weighted by Gasteiger charge is 2.37. The number of rotatable bonds is 4. The zero-order valence-electron chi connectivity index (χ0n) is 10.7. The molecule has 0 bridgehead atoms. The Hall–Kier alpha value is 0.570. The summed E-state index contributed by atoms with van der Waals surface area (Å²) in [5.41, 5.74) is 1.05. The maximum atomic E-state index is 12.3. The molecule has 19 heavy (non-hydrogen) atoms. The fourth-order valence-corrected chi connectivity index (χ4v) is 7.60. The van der Waals surface area contributed by atoms with Crippen molar-refractivity contribution in [2.45, 2.75) is 37.5 Å². The summed E-state index contributed by atoms with van der Waals surface area (Å²) in [4.78, 5) is 0. The summed E-state index contributed by atoms with van der Waals surface area (Å²) < 4.78 is 26.7. The van der Waals surface area contributed by atoms with Gasteiger partial charge in [0.1, 0.15) is 0 Å². The predicted octanol–water partition coefficient (Wildman–Crippen LogP) is 3.89. The topological polar surface area (TPSA) is 46.2 Å². The lowest BCUT2D eigenvalue weighted by Crippen LogP contribution is -2.40. The molecule has 7 heteroatoms. The van der Waals surface area contributed by atoms with Crippen molar-refractivity contribution in [2.24, 2.45) is 0 Å². The molecular formula is C12H17Br2NO2S2. The fraction of sp³-hybridized carbons (Fsp3) is 0.667. The summed E-state index contributed by atoms with van der Waals surface area (Å²) in [7, 11) is -2.99. The van der Waals surface area contributed by atoms with E-state index in [0.717, 1.165) is 38.9 Å². The van der Waals surface area contributed by atoms with Crippen molar-refractivity contribution in [3.8, 4) is 0 Å². The van der Waals surface area contributed by atoms with E-state index in [1.165, 1.54) is 0 Å². The van der Waals surface area contributed by atoms with Crippen LogP contribution >= 0.6 is 43.2 Å². The molecule has 0 amide bonds. The number of thiophene rings is 1. The van der Waals surface area contributed by atoms with Crippen LogP contribution in [0.2, 0.25) is 0 Å². The lowest BCUT2D eigenvalue weighted by atomic mass is 10.0. The van der Waals surface area contributed by atoms with Crippen LogP contribution in [0.5, 0.6) is 0 Å². The molecule has 0 aliphatic carbocycles. The molecule has 2 heterocycles. The quantitative estimate of drug-likeness (QED) is 0.787. The zero-order valence-corrected chi connectivity index (χ0v) is 15.5. The van der Waals surface area contributed by atoms with Gasteiger partial charge in [0.05, 0.1) is 24.6 Å². The number of hydrogen-bond donors (Lipinski definition) is 1. The minimum Gasteiger partial charge on any atom is -0.309 e. The SMILES string of the molecule is CCNC(c1cc(Br)sc1Br)C1CCCCS1(=O)=O.